The van der Waals surface area contributed by atoms with Gasteiger partial charge in [-0.05, 0) is 56.1 Å². The number of para-hydroxylation sites is 1. The quantitative estimate of drug-likeness (QED) is 0.789. The highest BCUT2D eigenvalue weighted by atomic mass is 16.5. The molecule has 1 saturated carbocycles. The summed E-state index contributed by atoms with van der Waals surface area (Å²) in [5.41, 5.74) is 4.60. The number of esters is 1. The Morgan fingerprint density at radius 1 is 1.29 bits per heavy atom. The summed E-state index contributed by atoms with van der Waals surface area (Å²) < 4.78 is 4.65. The molecule has 1 fully saturated rings. The lowest BCUT2D eigenvalue weighted by Crippen LogP contribution is -2.34. The van der Waals surface area contributed by atoms with Crippen molar-refractivity contribution in [2.75, 3.05) is 7.11 Å². The number of nitrogens with zero attached hydrogens (tertiary/aromatic N) is 1. The van der Waals surface area contributed by atoms with Gasteiger partial charge in [-0.2, -0.15) is 0 Å². The summed E-state index contributed by atoms with van der Waals surface area (Å²) in [4.78, 5) is 28.5. The predicted octanol–water partition coefficient (Wildman–Crippen LogP) is 4.26. The number of carbonyl (C=O) groups excluding carboxylic acids is 2. The Balaban J connectivity index is 1.54. The Morgan fingerprint density at radius 3 is 2.79 bits per heavy atom. The predicted molar refractivity (Wildman–Crippen MR) is 109 cm³/mol. The summed E-state index contributed by atoms with van der Waals surface area (Å²) in [6, 6.07) is 7.72. The van der Waals surface area contributed by atoms with Gasteiger partial charge in [0.15, 0.2) is 0 Å². The average molecular weight is 378 g/mol. The highest BCUT2D eigenvalue weighted by molar-refractivity contribution is 5.99. The molecule has 0 unspecified atom stereocenters. The van der Waals surface area contributed by atoms with E-state index < -0.39 is 0 Å². The minimum absolute atomic E-state index is 0.142. The van der Waals surface area contributed by atoms with Crippen LogP contribution in [0.25, 0.3) is 16.5 Å². The van der Waals surface area contributed by atoms with Gasteiger partial charge in [-0.1, -0.05) is 24.3 Å². The standard InChI is InChI=1S/C23H26N2O3/c1-15(12-20(26)28-2)25-22(27)18-13-17-4-3-5-19(21(17)24-14-18)16-6-8-23(9-7-16)10-11-23/h3-6,13-15H,7-12H2,1-2H3,(H,25,27)/t15-/m1/s1. The Labute approximate surface area is 165 Å². The second-order valence-electron chi connectivity index (χ2n) is 8.19. The molecule has 2 aromatic rings. The van der Waals surface area contributed by atoms with Crippen LogP contribution in [-0.2, 0) is 9.53 Å². The number of methoxy groups -OCH3 is 1. The van der Waals surface area contributed by atoms with Crippen LogP contribution in [0.1, 0.15) is 61.4 Å². The number of hydrogen-bond donors (Lipinski definition) is 1. The first-order valence-corrected chi connectivity index (χ1v) is 9.95. The number of amides is 1. The van der Waals surface area contributed by atoms with Crippen molar-refractivity contribution in [1.82, 2.24) is 10.3 Å². The van der Waals surface area contributed by atoms with E-state index in [-0.39, 0.29) is 24.3 Å². The first kappa shape index (κ1) is 18.7. The lowest BCUT2D eigenvalue weighted by molar-refractivity contribution is -0.141. The van der Waals surface area contributed by atoms with E-state index in [1.807, 2.05) is 18.2 Å². The molecular formula is C23H26N2O3. The number of aromatic nitrogens is 1. The lowest BCUT2D eigenvalue weighted by atomic mass is 9.84. The van der Waals surface area contributed by atoms with Crippen LogP contribution in [0.3, 0.4) is 0 Å². The van der Waals surface area contributed by atoms with Crippen molar-refractivity contribution in [3.8, 4) is 0 Å². The molecule has 1 amide bonds. The molecule has 146 valence electrons. The van der Waals surface area contributed by atoms with Gasteiger partial charge in [0.2, 0.25) is 0 Å². The van der Waals surface area contributed by atoms with E-state index in [0.29, 0.717) is 11.0 Å². The summed E-state index contributed by atoms with van der Waals surface area (Å²) in [7, 11) is 1.34. The van der Waals surface area contributed by atoms with E-state index in [1.54, 1.807) is 13.1 Å². The Morgan fingerprint density at radius 2 is 2.11 bits per heavy atom. The zero-order chi connectivity index (χ0) is 19.7. The van der Waals surface area contributed by atoms with Crippen LogP contribution < -0.4 is 5.32 Å². The van der Waals surface area contributed by atoms with Gasteiger partial charge in [0, 0.05) is 23.2 Å². The fourth-order valence-corrected chi connectivity index (χ4v) is 4.05. The van der Waals surface area contributed by atoms with Crippen molar-refractivity contribution in [1.29, 1.82) is 0 Å². The van der Waals surface area contributed by atoms with Gasteiger partial charge in [0.05, 0.1) is 24.6 Å². The van der Waals surface area contributed by atoms with Gasteiger partial charge in [-0.3, -0.25) is 14.6 Å². The molecule has 0 radical (unpaired) electrons. The van der Waals surface area contributed by atoms with Crippen molar-refractivity contribution in [2.24, 2.45) is 5.41 Å². The minimum atomic E-state index is -0.345. The molecule has 2 aliphatic carbocycles. The van der Waals surface area contributed by atoms with E-state index in [1.165, 1.54) is 43.9 Å². The van der Waals surface area contributed by atoms with E-state index >= 15 is 0 Å². The molecule has 1 aromatic carbocycles. The van der Waals surface area contributed by atoms with Gasteiger partial charge in [0.25, 0.3) is 5.91 Å². The van der Waals surface area contributed by atoms with Crippen LogP contribution in [0.4, 0.5) is 0 Å². The molecule has 1 N–H and O–H groups in total. The third kappa shape index (κ3) is 3.79. The van der Waals surface area contributed by atoms with Crippen LogP contribution in [0, 0.1) is 5.41 Å². The van der Waals surface area contributed by atoms with Crippen LogP contribution in [0.5, 0.6) is 0 Å². The Bertz CT molecular complexity index is 959. The first-order valence-electron chi connectivity index (χ1n) is 9.95. The van der Waals surface area contributed by atoms with E-state index in [4.69, 9.17) is 0 Å². The van der Waals surface area contributed by atoms with Crippen molar-refractivity contribution in [3.05, 3.63) is 47.7 Å². The molecule has 5 heteroatoms. The molecule has 0 saturated heterocycles. The molecule has 5 nitrogen and oxygen atoms in total. The fourth-order valence-electron chi connectivity index (χ4n) is 4.05. The van der Waals surface area contributed by atoms with Crippen molar-refractivity contribution >= 4 is 28.4 Å². The molecule has 4 rings (SSSR count). The highest BCUT2D eigenvalue weighted by Crippen LogP contribution is 2.56. The monoisotopic (exact) mass is 378 g/mol. The molecular weight excluding hydrogens is 352 g/mol. The number of benzene rings is 1. The van der Waals surface area contributed by atoms with Crippen LogP contribution in [0.15, 0.2) is 36.5 Å². The third-order valence-electron chi connectivity index (χ3n) is 6.06. The lowest BCUT2D eigenvalue weighted by Gasteiger charge is -2.22. The number of allylic oxidation sites excluding steroid dienone is 2. The number of nitrogens with one attached hydrogen (secondary N) is 1. The Kier molecular flexibility index (Phi) is 4.92. The zero-order valence-corrected chi connectivity index (χ0v) is 16.5. The van der Waals surface area contributed by atoms with Crippen LogP contribution in [0.2, 0.25) is 0 Å². The number of carbonyl (C=O) groups is 2. The number of rotatable bonds is 5. The maximum atomic E-state index is 12.5. The van der Waals surface area contributed by atoms with Crippen molar-refractivity contribution in [3.63, 3.8) is 0 Å². The molecule has 1 aromatic heterocycles. The summed E-state index contributed by atoms with van der Waals surface area (Å²) in [5, 5.41) is 3.79. The number of pyridine rings is 1. The maximum Gasteiger partial charge on any atom is 0.307 e. The van der Waals surface area contributed by atoms with Gasteiger partial charge in [0.1, 0.15) is 0 Å². The minimum Gasteiger partial charge on any atom is -0.469 e. The van der Waals surface area contributed by atoms with Gasteiger partial charge in [-0.15, -0.1) is 0 Å². The smallest absolute Gasteiger partial charge is 0.307 e. The second kappa shape index (κ2) is 7.38. The normalized spacial score (nSPS) is 18.4. The van der Waals surface area contributed by atoms with Crippen LogP contribution >= 0.6 is 0 Å². The number of hydrogen-bond acceptors (Lipinski definition) is 4. The summed E-state index contributed by atoms with van der Waals surface area (Å²) in [5.74, 6) is -0.577. The highest BCUT2D eigenvalue weighted by Gasteiger charge is 2.42. The van der Waals surface area contributed by atoms with Crippen molar-refractivity contribution < 1.29 is 14.3 Å². The van der Waals surface area contributed by atoms with E-state index in [0.717, 1.165) is 17.3 Å². The summed E-state index contributed by atoms with van der Waals surface area (Å²) in [6.07, 6.45) is 10.5. The largest absolute Gasteiger partial charge is 0.469 e. The third-order valence-corrected chi connectivity index (χ3v) is 6.06. The SMILES string of the molecule is COC(=O)C[C@@H](C)NC(=O)c1cnc2c(C3=CCC4(CC3)CC4)cccc2c1. The number of fused-ring (bicyclic) bond motifs is 1. The fraction of sp³-hybridized carbons (Fsp3) is 0.435. The molecule has 1 spiro atoms. The van der Waals surface area contributed by atoms with Gasteiger partial charge in [-0.25, -0.2) is 0 Å². The molecule has 2 aliphatic rings. The topological polar surface area (TPSA) is 68.3 Å². The summed E-state index contributed by atoms with van der Waals surface area (Å²) >= 11 is 0. The summed E-state index contributed by atoms with van der Waals surface area (Å²) in [6.45, 7) is 1.78. The first-order chi connectivity index (χ1) is 13.5. The van der Waals surface area contributed by atoms with Gasteiger partial charge >= 0.3 is 5.97 Å². The Hall–Kier alpha value is -2.69. The van der Waals surface area contributed by atoms with E-state index in [2.05, 4.69) is 27.2 Å². The van der Waals surface area contributed by atoms with Crippen LogP contribution in [-0.4, -0.2) is 30.0 Å². The molecule has 1 atom stereocenters. The van der Waals surface area contributed by atoms with Crippen molar-refractivity contribution in [2.45, 2.75) is 51.5 Å². The molecule has 0 bridgehead atoms. The number of ether oxygens (including phenoxy) is 1. The average Bonchev–Trinajstić information content (AvgIpc) is 3.46. The molecule has 1 heterocycles. The zero-order valence-electron chi connectivity index (χ0n) is 16.5. The molecule has 28 heavy (non-hydrogen) atoms. The molecule has 0 aliphatic heterocycles. The maximum absolute atomic E-state index is 12.5. The van der Waals surface area contributed by atoms with Gasteiger partial charge < -0.3 is 10.1 Å². The van der Waals surface area contributed by atoms with E-state index in [9.17, 15) is 9.59 Å². The second-order valence-corrected chi connectivity index (χ2v) is 8.19.